The highest BCUT2D eigenvalue weighted by atomic mass is 19.1. The van der Waals surface area contributed by atoms with Crippen molar-refractivity contribution in [3.8, 4) is 11.4 Å². The zero-order chi connectivity index (χ0) is 20.9. The van der Waals surface area contributed by atoms with Gasteiger partial charge in [-0.1, -0.05) is 18.2 Å². The summed E-state index contributed by atoms with van der Waals surface area (Å²) in [7, 11) is 0. The van der Waals surface area contributed by atoms with Gasteiger partial charge in [0, 0.05) is 30.1 Å². The van der Waals surface area contributed by atoms with E-state index in [1.807, 2.05) is 30.3 Å². The number of hydrogen-bond acceptors (Lipinski definition) is 4. The number of hydrogen-bond donors (Lipinski definition) is 2. The molecule has 0 fully saturated rings. The Hall–Kier alpha value is -4.08. The van der Waals surface area contributed by atoms with Crippen LogP contribution in [0.2, 0.25) is 0 Å². The lowest BCUT2D eigenvalue weighted by Crippen LogP contribution is -2.35. The van der Waals surface area contributed by atoms with Crippen molar-refractivity contribution in [2.45, 2.75) is 13.1 Å². The Morgan fingerprint density at radius 1 is 1.03 bits per heavy atom. The molecule has 0 saturated carbocycles. The van der Waals surface area contributed by atoms with Crippen LogP contribution < -0.4 is 10.6 Å². The molecule has 0 spiro atoms. The molecule has 0 saturated heterocycles. The monoisotopic (exact) mass is 409 g/mol. The standard InChI is InChI=1S/C20H17F2N7O/c21-15-6-7-18(17(22)8-15)29-12-14(10-26-29)9-23-20(30)24-11-19-27-25-13-28(19)16-4-2-1-3-5-16/h1-8,10,12-13H,9,11H2,(H2,23,24,30). The van der Waals surface area contributed by atoms with Gasteiger partial charge in [0.05, 0.1) is 12.7 Å². The predicted octanol–water partition coefficient (Wildman–Crippen LogP) is 2.73. The van der Waals surface area contributed by atoms with Gasteiger partial charge in [-0.2, -0.15) is 5.10 Å². The molecule has 0 aliphatic rings. The smallest absolute Gasteiger partial charge is 0.315 e. The topological polar surface area (TPSA) is 89.7 Å². The molecular weight excluding hydrogens is 392 g/mol. The van der Waals surface area contributed by atoms with E-state index in [-0.39, 0.29) is 18.8 Å². The molecule has 10 heteroatoms. The number of halogens is 2. The van der Waals surface area contributed by atoms with Crippen molar-refractivity contribution in [1.29, 1.82) is 0 Å². The Labute approximate surface area is 170 Å². The maximum Gasteiger partial charge on any atom is 0.315 e. The first-order valence-corrected chi connectivity index (χ1v) is 9.05. The normalized spacial score (nSPS) is 10.7. The number of benzene rings is 2. The molecule has 0 bridgehead atoms. The van der Waals surface area contributed by atoms with Crippen molar-refractivity contribution in [1.82, 2.24) is 35.2 Å². The Kier molecular flexibility index (Phi) is 5.46. The molecule has 0 aliphatic heterocycles. The molecule has 2 aromatic carbocycles. The van der Waals surface area contributed by atoms with Crippen molar-refractivity contribution in [3.63, 3.8) is 0 Å². The Balaban J connectivity index is 1.32. The lowest BCUT2D eigenvalue weighted by Gasteiger charge is -2.08. The quantitative estimate of drug-likeness (QED) is 0.513. The van der Waals surface area contributed by atoms with E-state index in [2.05, 4.69) is 25.9 Å². The number of urea groups is 1. The van der Waals surface area contributed by atoms with Crippen LogP contribution in [0.3, 0.4) is 0 Å². The Morgan fingerprint density at radius 3 is 2.63 bits per heavy atom. The van der Waals surface area contributed by atoms with Gasteiger partial charge in [0.15, 0.2) is 11.6 Å². The van der Waals surface area contributed by atoms with Crippen LogP contribution in [0.5, 0.6) is 0 Å². The lowest BCUT2D eigenvalue weighted by molar-refractivity contribution is 0.240. The molecule has 0 unspecified atom stereocenters. The maximum atomic E-state index is 13.9. The molecule has 152 valence electrons. The van der Waals surface area contributed by atoms with Gasteiger partial charge in [-0.05, 0) is 24.3 Å². The summed E-state index contributed by atoms with van der Waals surface area (Å²) in [4.78, 5) is 12.1. The van der Waals surface area contributed by atoms with Gasteiger partial charge in [-0.3, -0.25) is 4.57 Å². The summed E-state index contributed by atoms with van der Waals surface area (Å²) in [6, 6.07) is 12.4. The highest BCUT2D eigenvalue weighted by molar-refractivity contribution is 5.73. The average molecular weight is 409 g/mol. The van der Waals surface area contributed by atoms with E-state index in [1.54, 1.807) is 17.1 Å². The van der Waals surface area contributed by atoms with E-state index in [4.69, 9.17) is 0 Å². The summed E-state index contributed by atoms with van der Waals surface area (Å²) in [5.74, 6) is -0.807. The van der Waals surface area contributed by atoms with Crippen molar-refractivity contribution in [2.24, 2.45) is 0 Å². The van der Waals surface area contributed by atoms with E-state index in [0.29, 0.717) is 11.4 Å². The summed E-state index contributed by atoms with van der Waals surface area (Å²) in [6.07, 6.45) is 4.63. The second-order valence-corrected chi connectivity index (χ2v) is 6.38. The van der Waals surface area contributed by atoms with Crippen LogP contribution in [0.1, 0.15) is 11.4 Å². The zero-order valence-electron chi connectivity index (χ0n) is 15.7. The van der Waals surface area contributed by atoms with Gasteiger partial charge in [0.2, 0.25) is 0 Å². The lowest BCUT2D eigenvalue weighted by atomic mass is 10.3. The minimum atomic E-state index is -0.724. The molecule has 2 heterocycles. The molecule has 0 atom stereocenters. The number of carbonyl (C=O) groups is 1. The fourth-order valence-electron chi connectivity index (χ4n) is 2.84. The Bertz CT molecular complexity index is 1160. The summed E-state index contributed by atoms with van der Waals surface area (Å²) >= 11 is 0. The van der Waals surface area contributed by atoms with Crippen LogP contribution in [0.4, 0.5) is 13.6 Å². The van der Waals surface area contributed by atoms with Gasteiger partial charge in [-0.15, -0.1) is 10.2 Å². The summed E-state index contributed by atoms with van der Waals surface area (Å²) in [5, 5.41) is 17.4. The van der Waals surface area contributed by atoms with Gasteiger partial charge in [-0.25, -0.2) is 18.3 Å². The van der Waals surface area contributed by atoms with E-state index in [9.17, 15) is 13.6 Å². The third-order valence-corrected chi connectivity index (χ3v) is 4.31. The number of carbonyl (C=O) groups excluding carboxylic acids is 1. The molecule has 0 radical (unpaired) electrons. The van der Waals surface area contributed by atoms with Crippen molar-refractivity contribution in [3.05, 3.63) is 90.3 Å². The first kappa shape index (κ1) is 19.2. The maximum absolute atomic E-state index is 13.9. The summed E-state index contributed by atoms with van der Waals surface area (Å²) in [5.41, 5.74) is 1.66. The van der Waals surface area contributed by atoms with Gasteiger partial charge in [0.25, 0.3) is 0 Å². The molecule has 4 rings (SSSR count). The fraction of sp³-hybridized carbons (Fsp3) is 0.100. The highest BCUT2D eigenvalue weighted by Gasteiger charge is 2.10. The van der Waals surface area contributed by atoms with E-state index < -0.39 is 17.7 Å². The minimum Gasteiger partial charge on any atom is -0.334 e. The molecule has 0 aliphatic carbocycles. The van der Waals surface area contributed by atoms with Gasteiger partial charge >= 0.3 is 6.03 Å². The van der Waals surface area contributed by atoms with Crippen LogP contribution in [-0.4, -0.2) is 30.6 Å². The molecular formula is C20H17F2N7O. The second-order valence-electron chi connectivity index (χ2n) is 6.38. The largest absolute Gasteiger partial charge is 0.334 e. The predicted molar refractivity (Wildman–Crippen MR) is 104 cm³/mol. The number of para-hydroxylation sites is 1. The molecule has 4 aromatic rings. The highest BCUT2D eigenvalue weighted by Crippen LogP contribution is 2.14. The molecule has 2 aromatic heterocycles. The first-order chi connectivity index (χ1) is 14.6. The minimum absolute atomic E-state index is 0.118. The fourth-order valence-corrected chi connectivity index (χ4v) is 2.84. The van der Waals surface area contributed by atoms with Crippen LogP contribution in [0, 0.1) is 11.6 Å². The summed E-state index contributed by atoms with van der Waals surface area (Å²) < 4.78 is 30.0. The van der Waals surface area contributed by atoms with E-state index >= 15 is 0 Å². The van der Waals surface area contributed by atoms with Crippen molar-refractivity contribution >= 4 is 6.03 Å². The number of aromatic nitrogens is 5. The first-order valence-electron chi connectivity index (χ1n) is 9.05. The molecule has 8 nitrogen and oxygen atoms in total. The third-order valence-electron chi connectivity index (χ3n) is 4.31. The number of nitrogens with one attached hydrogen (secondary N) is 2. The summed E-state index contributed by atoms with van der Waals surface area (Å²) in [6.45, 7) is 0.362. The van der Waals surface area contributed by atoms with Crippen molar-refractivity contribution in [2.75, 3.05) is 0 Å². The molecule has 2 amide bonds. The van der Waals surface area contributed by atoms with Crippen LogP contribution in [0.25, 0.3) is 11.4 Å². The van der Waals surface area contributed by atoms with Crippen LogP contribution >= 0.6 is 0 Å². The third kappa shape index (κ3) is 4.32. The average Bonchev–Trinajstić information content (AvgIpc) is 3.41. The zero-order valence-corrected chi connectivity index (χ0v) is 15.7. The van der Waals surface area contributed by atoms with Crippen LogP contribution in [-0.2, 0) is 13.1 Å². The van der Waals surface area contributed by atoms with E-state index in [0.717, 1.165) is 17.8 Å². The van der Waals surface area contributed by atoms with Crippen LogP contribution in [0.15, 0.2) is 67.3 Å². The SMILES string of the molecule is O=C(NCc1cnn(-c2ccc(F)cc2F)c1)NCc1nncn1-c1ccccc1. The van der Waals surface area contributed by atoms with Gasteiger partial charge in [0.1, 0.15) is 17.8 Å². The number of rotatable bonds is 6. The van der Waals surface area contributed by atoms with E-state index in [1.165, 1.54) is 16.9 Å². The Morgan fingerprint density at radius 2 is 1.83 bits per heavy atom. The number of nitrogens with zero attached hydrogens (tertiary/aromatic N) is 5. The van der Waals surface area contributed by atoms with Crippen molar-refractivity contribution < 1.29 is 13.6 Å². The number of amides is 2. The molecule has 30 heavy (non-hydrogen) atoms. The molecule has 2 N–H and O–H groups in total. The second kappa shape index (κ2) is 8.52. The van der Waals surface area contributed by atoms with Gasteiger partial charge < -0.3 is 10.6 Å².